The molecule has 1 aliphatic heterocycles. The lowest BCUT2D eigenvalue weighted by Gasteiger charge is -2.32. The Hall–Kier alpha value is -1.24. The maximum atomic E-state index is 5.88. The highest BCUT2D eigenvalue weighted by atomic mass is 16.5. The molecule has 0 bridgehead atoms. The van der Waals surface area contributed by atoms with Gasteiger partial charge in [-0.25, -0.2) is 9.97 Å². The fraction of sp³-hybridized carbons (Fsp3) is 0.733. The average molecular weight is 292 g/mol. The molecule has 0 spiro atoms. The number of hydrogen-bond donors (Lipinski definition) is 2. The van der Waals surface area contributed by atoms with Crippen molar-refractivity contribution in [2.75, 3.05) is 25.6 Å². The topological polar surface area (TPSA) is 82.3 Å². The molecule has 1 saturated carbocycles. The molecule has 0 aromatic carbocycles. The van der Waals surface area contributed by atoms with E-state index in [2.05, 4.69) is 15.3 Å². The zero-order valence-electron chi connectivity index (χ0n) is 12.5. The van der Waals surface area contributed by atoms with E-state index in [1.807, 2.05) is 6.07 Å². The first-order valence-corrected chi connectivity index (χ1v) is 7.72. The van der Waals surface area contributed by atoms with Gasteiger partial charge in [0.1, 0.15) is 12.4 Å². The second-order valence-corrected chi connectivity index (χ2v) is 5.97. The molecule has 2 fully saturated rings. The van der Waals surface area contributed by atoms with Crippen molar-refractivity contribution < 1.29 is 9.47 Å². The molecule has 1 atom stereocenters. The molecule has 1 aromatic heterocycles. The summed E-state index contributed by atoms with van der Waals surface area (Å²) in [5, 5.41) is 3.38. The highest BCUT2D eigenvalue weighted by Gasteiger charge is 2.29. The Labute approximate surface area is 125 Å². The number of methoxy groups -OCH3 is 1. The predicted molar refractivity (Wildman–Crippen MR) is 80.2 cm³/mol. The van der Waals surface area contributed by atoms with Crippen LogP contribution in [0.5, 0.6) is 0 Å². The van der Waals surface area contributed by atoms with Crippen molar-refractivity contribution in [3.8, 4) is 0 Å². The van der Waals surface area contributed by atoms with Gasteiger partial charge in [-0.2, -0.15) is 0 Å². The molecule has 0 radical (unpaired) electrons. The summed E-state index contributed by atoms with van der Waals surface area (Å²) in [6.45, 7) is 2.10. The van der Waals surface area contributed by atoms with Crippen molar-refractivity contribution in [2.45, 2.75) is 50.4 Å². The van der Waals surface area contributed by atoms with E-state index in [1.165, 1.54) is 0 Å². The monoisotopic (exact) mass is 292 g/mol. The zero-order valence-corrected chi connectivity index (χ0v) is 12.5. The van der Waals surface area contributed by atoms with Crippen LogP contribution in [-0.2, 0) is 16.1 Å². The van der Waals surface area contributed by atoms with Crippen molar-refractivity contribution >= 4 is 5.82 Å². The van der Waals surface area contributed by atoms with E-state index in [0.717, 1.165) is 56.2 Å². The van der Waals surface area contributed by atoms with Gasteiger partial charge in [0, 0.05) is 44.0 Å². The Kier molecular flexibility index (Phi) is 4.67. The molecule has 0 amide bonds. The minimum absolute atomic E-state index is 0.298. The van der Waals surface area contributed by atoms with Gasteiger partial charge in [-0.05, 0) is 25.7 Å². The summed E-state index contributed by atoms with van der Waals surface area (Å²) >= 11 is 0. The molecule has 6 nitrogen and oxygen atoms in total. The molecule has 1 saturated heterocycles. The third kappa shape index (κ3) is 3.70. The molecular weight excluding hydrogens is 268 g/mol. The molecule has 3 N–H and O–H groups in total. The number of rotatable bonds is 6. The van der Waals surface area contributed by atoms with Crippen LogP contribution in [0.3, 0.4) is 0 Å². The molecule has 21 heavy (non-hydrogen) atoms. The van der Waals surface area contributed by atoms with Crippen LogP contribution in [0.4, 0.5) is 5.82 Å². The minimum atomic E-state index is 0.298. The van der Waals surface area contributed by atoms with E-state index in [1.54, 1.807) is 7.11 Å². The van der Waals surface area contributed by atoms with E-state index in [-0.39, 0.29) is 0 Å². The normalized spacial score (nSPS) is 28.4. The number of ether oxygens (including phenoxy) is 2. The molecule has 2 heterocycles. The maximum Gasteiger partial charge on any atom is 0.156 e. The smallest absolute Gasteiger partial charge is 0.156 e. The fourth-order valence-electron chi connectivity index (χ4n) is 2.94. The summed E-state index contributed by atoms with van der Waals surface area (Å²) < 4.78 is 10.8. The van der Waals surface area contributed by atoms with Crippen molar-refractivity contribution in [1.82, 2.24) is 9.97 Å². The quantitative estimate of drug-likeness (QED) is 0.825. The molecule has 0 unspecified atom stereocenters. The average Bonchev–Trinajstić information content (AvgIpc) is 2.95. The molecule has 2 aliphatic rings. The SMILES string of the molecule is COCc1nc(NC[C@@H]2CCCO2)cc(C2CC(N)C2)n1. The van der Waals surface area contributed by atoms with Crippen LogP contribution in [0.25, 0.3) is 0 Å². The number of nitrogens with one attached hydrogen (secondary N) is 1. The molecular formula is C15H24N4O2. The van der Waals surface area contributed by atoms with Crippen LogP contribution in [-0.4, -0.2) is 42.4 Å². The van der Waals surface area contributed by atoms with Gasteiger partial charge >= 0.3 is 0 Å². The predicted octanol–water partition coefficient (Wildman–Crippen LogP) is 1.42. The first kappa shape index (κ1) is 14.7. The van der Waals surface area contributed by atoms with Crippen LogP contribution >= 0.6 is 0 Å². The highest BCUT2D eigenvalue weighted by molar-refractivity contribution is 5.38. The number of anilines is 1. The summed E-state index contributed by atoms with van der Waals surface area (Å²) in [7, 11) is 1.66. The summed E-state index contributed by atoms with van der Waals surface area (Å²) in [4.78, 5) is 9.11. The summed E-state index contributed by atoms with van der Waals surface area (Å²) in [6, 6.07) is 2.36. The number of aromatic nitrogens is 2. The van der Waals surface area contributed by atoms with Crippen LogP contribution in [0.1, 0.15) is 43.1 Å². The van der Waals surface area contributed by atoms with E-state index in [4.69, 9.17) is 15.2 Å². The lowest BCUT2D eigenvalue weighted by molar-refractivity contribution is 0.120. The Balaban J connectivity index is 1.68. The van der Waals surface area contributed by atoms with Gasteiger partial charge in [-0.3, -0.25) is 0 Å². The second kappa shape index (κ2) is 6.68. The Morgan fingerprint density at radius 1 is 1.43 bits per heavy atom. The molecule has 6 heteroatoms. The maximum absolute atomic E-state index is 5.88. The highest BCUT2D eigenvalue weighted by Crippen LogP contribution is 2.35. The van der Waals surface area contributed by atoms with Gasteiger partial charge in [0.25, 0.3) is 0 Å². The minimum Gasteiger partial charge on any atom is -0.377 e. The van der Waals surface area contributed by atoms with Crippen molar-refractivity contribution in [2.24, 2.45) is 5.73 Å². The van der Waals surface area contributed by atoms with Crippen LogP contribution in [0.15, 0.2) is 6.07 Å². The molecule has 116 valence electrons. The van der Waals surface area contributed by atoms with Crippen molar-refractivity contribution in [3.05, 3.63) is 17.6 Å². The van der Waals surface area contributed by atoms with Crippen LogP contribution in [0.2, 0.25) is 0 Å². The number of nitrogens with zero attached hydrogens (tertiary/aromatic N) is 2. The molecule has 1 aromatic rings. The van der Waals surface area contributed by atoms with Gasteiger partial charge in [0.2, 0.25) is 0 Å². The number of hydrogen-bond acceptors (Lipinski definition) is 6. The van der Waals surface area contributed by atoms with Gasteiger partial charge in [0.05, 0.1) is 6.10 Å². The third-order valence-electron chi connectivity index (χ3n) is 4.19. The van der Waals surface area contributed by atoms with Crippen LogP contribution in [0, 0.1) is 0 Å². The molecule has 1 aliphatic carbocycles. The fourth-order valence-corrected chi connectivity index (χ4v) is 2.94. The van der Waals surface area contributed by atoms with Gasteiger partial charge in [-0.15, -0.1) is 0 Å². The zero-order chi connectivity index (χ0) is 14.7. The van der Waals surface area contributed by atoms with E-state index in [0.29, 0.717) is 24.7 Å². The van der Waals surface area contributed by atoms with E-state index < -0.39 is 0 Å². The standard InChI is InChI=1S/C15H24N4O2/c1-20-9-15-18-13(10-5-11(16)6-10)7-14(19-15)17-8-12-3-2-4-21-12/h7,10-12H,2-6,8-9,16H2,1H3,(H,17,18,19)/t10?,11?,12-/m0/s1. The first-order valence-electron chi connectivity index (χ1n) is 7.72. The summed E-state index contributed by atoms with van der Waals surface area (Å²) in [5.74, 6) is 2.05. The third-order valence-corrected chi connectivity index (χ3v) is 4.19. The summed E-state index contributed by atoms with van der Waals surface area (Å²) in [5.41, 5.74) is 6.96. The first-order chi connectivity index (χ1) is 10.2. The van der Waals surface area contributed by atoms with Gasteiger partial charge in [-0.1, -0.05) is 0 Å². The lowest BCUT2D eigenvalue weighted by atomic mass is 9.78. The Morgan fingerprint density at radius 2 is 2.29 bits per heavy atom. The van der Waals surface area contributed by atoms with Crippen molar-refractivity contribution in [3.63, 3.8) is 0 Å². The largest absolute Gasteiger partial charge is 0.377 e. The Morgan fingerprint density at radius 3 is 2.95 bits per heavy atom. The van der Waals surface area contributed by atoms with E-state index >= 15 is 0 Å². The van der Waals surface area contributed by atoms with Gasteiger partial charge < -0.3 is 20.5 Å². The Bertz CT molecular complexity index is 471. The summed E-state index contributed by atoms with van der Waals surface area (Å²) in [6.07, 6.45) is 4.58. The number of nitrogens with two attached hydrogens (primary N) is 1. The van der Waals surface area contributed by atoms with E-state index in [9.17, 15) is 0 Å². The van der Waals surface area contributed by atoms with Crippen LogP contribution < -0.4 is 11.1 Å². The second-order valence-electron chi connectivity index (χ2n) is 5.97. The van der Waals surface area contributed by atoms with Crippen molar-refractivity contribution in [1.29, 1.82) is 0 Å². The molecule has 3 rings (SSSR count). The van der Waals surface area contributed by atoms with Gasteiger partial charge in [0.15, 0.2) is 5.82 Å². The lowest BCUT2D eigenvalue weighted by Crippen LogP contribution is -2.35.